The molecule has 0 spiro atoms. The van der Waals surface area contributed by atoms with Crippen molar-refractivity contribution in [3.8, 4) is 23.0 Å². The van der Waals surface area contributed by atoms with E-state index in [1.54, 1.807) is 11.5 Å². The fourth-order valence-electron chi connectivity index (χ4n) is 3.87. The number of hydrogen-bond donors (Lipinski definition) is 0. The minimum atomic E-state index is -0.0705. The number of fused-ring (bicyclic) bond motifs is 3. The summed E-state index contributed by atoms with van der Waals surface area (Å²) in [6.45, 7) is 3.45. The van der Waals surface area contributed by atoms with Crippen LogP contribution < -0.4 is 29.0 Å². The Bertz CT molecular complexity index is 1590. The zero-order chi connectivity index (χ0) is 24.9. The number of para-hydroxylation sites is 2. The Morgan fingerprint density at radius 1 is 0.917 bits per heavy atom. The van der Waals surface area contributed by atoms with Gasteiger partial charge >= 0.3 is 0 Å². The molecule has 0 N–H and O–H groups in total. The molecule has 36 heavy (non-hydrogen) atoms. The number of nitrogens with zero attached hydrogens (tertiary/aromatic N) is 2. The van der Waals surface area contributed by atoms with Crippen molar-refractivity contribution in [2.75, 3.05) is 26.9 Å². The van der Waals surface area contributed by atoms with Crippen molar-refractivity contribution in [3.63, 3.8) is 0 Å². The summed E-state index contributed by atoms with van der Waals surface area (Å²) < 4.78 is 25.0. The van der Waals surface area contributed by atoms with Crippen LogP contribution in [0.3, 0.4) is 0 Å². The van der Waals surface area contributed by atoms with Gasteiger partial charge in [0, 0.05) is 6.42 Å². The van der Waals surface area contributed by atoms with Crippen LogP contribution in [0.1, 0.15) is 18.9 Å². The van der Waals surface area contributed by atoms with E-state index in [0.29, 0.717) is 47.2 Å². The number of ether oxygens (including phenoxy) is 4. The van der Waals surface area contributed by atoms with Gasteiger partial charge in [-0.15, -0.1) is 0 Å². The molecule has 0 atom stereocenters. The molecule has 5 aromatic rings. The number of hydrogen-bond acceptors (Lipinski definition) is 7. The van der Waals surface area contributed by atoms with Crippen molar-refractivity contribution < 1.29 is 18.9 Å². The molecule has 0 saturated carbocycles. The second-order valence-electron chi connectivity index (χ2n) is 8.00. The predicted molar refractivity (Wildman–Crippen MR) is 142 cm³/mol. The summed E-state index contributed by atoms with van der Waals surface area (Å²) in [7, 11) is 1.64. The Kier molecular flexibility index (Phi) is 7.04. The molecule has 7 nitrogen and oxygen atoms in total. The highest BCUT2D eigenvalue weighted by Gasteiger charge is 2.11. The summed E-state index contributed by atoms with van der Waals surface area (Å²) in [6, 6.07) is 20.8. The zero-order valence-electron chi connectivity index (χ0n) is 20.1. The minimum absolute atomic E-state index is 0.0705. The number of thiazole rings is 1. The topological polar surface area (TPSA) is 71.3 Å². The van der Waals surface area contributed by atoms with Gasteiger partial charge in [-0.1, -0.05) is 29.5 Å². The van der Waals surface area contributed by atoms with Crippen LogP contribution in [0.4, 0.5) is 0 Å². The van der Waals surface area contributed by atoms with Gasteiger partial charge in [0.1, 0.15) is 11.5 Å². The molecule has 0 fully saturated rings. The van der Waals surface area contributed by atoms with E-state index in [1.807, 2.05) is 79.7 Å². The second kappa shape index (κ2) is 10.7. The first-order chi connectivity index (χ1) is 17.7. The lowest BCUT2D eigenvalue weighted by Crippen LogP contribution is -2.22. The maximum Gasteiger partial charge on any atom is 0.274 e. The summed E-state index contributed by atoms with van der Waals surface area (Å²) in [5.74, 6) is 2.88. The zero-order valence-corrected chi connectivity index (χ0v) is 20.9. The number of imidazole rings is 1. The van der Waals surface area contributed by atoms with E-state index in [4.69, 9.17) is 18.9 Å². The molecule has 3 aromatic carbocycles. The van der Waals surface area contributed by atoms with Crippen LogP contribution in [0, 0.1) is 0 Å². The molecule has 2 aromatic heterocycles. The summed E-state index contributed by atoms with van der Waals surface area (Å²) >= 11 is 1.38. The lowest BCUT2D eigenvalue weighted by Gasteiger charge is -2.13. The number of benzene rings is 3. The van der Waals surface area contributed by atoms with E-state index in [-0.39, 0.29) is 5.56 Å². The molecule has 0 aliphatic heterocycles. The monoisotopic (exact) mass is 502 g/mol. The van der Waals surface area contributed by atoms with Crippen LogP contribution in [-0.4, -0.2) is 36.3 Å². The van der Waals surface area contributed by atoms with E-state index < -0.39 is 0 Å². The lowest BCUT2D eigenvalue weighted by atomic mass is 10.2. The van der Waals surface area contributed by atoms with E-state index in [9.17, 15) is 4.79 Å². The quantitative estimate of drug-likeness (QED) is 0.258. The molecular formula is C28H26N2O5S. The molecule has 0 aliphatic carbocycles. The molecule has 0 aliphatic rings. The first kappa shape index (κ1) is 23.7. The largest absolute Gasteiger partial charge is 0.497 e. The average Bonchev–Trinajstić information content (AvgIpc) is 3.41. The van der Waals surface area contributed by atoms with Crippen LogP contribution in [0.25, 0.3) is 22.1 Å². The molecule has 0 unspecified atom stereocenters. The minimum Gasteiger partial charge on any atom is -0.497 e. The molecule has 0 bridgehead atoms. The molecule has 8 heteroatoms. The predicted octanol–water partition coefficient (Wildman–Crippen LogP) is 4.71. The highest BCUT2D eigenvalue weighted by atomic mass is 32.1. The van der Waals surface area contributed by atoms with Crippen molar-refractivity contribution in [2.45, 2.75) is 13.3 Å². The van der Waals surface area contributed by atoms with Crippen LogP contribution >= 0.6 is 11.3 Å². The summed E-state index contributed by atoms with van der Waals surface area (Å²) in [4.78, 5) is 18.3. The summed E-state index contributed by atoms with van der Waals surface area (Å²) in [5, 5.41) is 0. The molecule has 0 amide bonds. The van der Waals surface area contributed by atoms with Gasteiger partial charge in [-0.25, -0.2) is 9.38 Å². The van der Waals surface area contributed by atoms with Gasteiger partial charge in [0.25, 0.3) is 5.56 Å². The van der Waals surface area contributed by atoms with Crippen LogP contribution in [0.5, 0.6) is 23.0 Å². The Hall–Kier alpha value is -4.04. The maximum atomic E-state index is 13.1. The van der Waals surface area contributed by atoms with Gasteiger partial charge in [-0.05, 0) is 67.1 Å². The highest BCUT2D eigenvalue weighted by molar-refractivity contribution is 7.15. The number of methoxy groups -OCH3 is 1. The molecule has 5 rings (SSSR count). The van der Waals surface area contributed by atoms with E-state index >= 15 is 0 Å². The average molecular weight is 503 g/mol. The van der Waals surface area contributed by atoms with Gasteiger partial charge in [0.05, 0.1) is 42.5 Å². The van der Waals surface area contributed by atoms with Crippen molar-refractivity contribution in [1.82, 2.24) is 9.38 Å². The standard InChI is InChI=1S/C28H26N2O5S/c1-3-33-25-17-19(18-26-27(31)30-23-8-5-4-7-22(23)29-28(30)36-26)9-14-24(25)35-16-6-15-34-21-12-10-20(32-2)11-13-21/h4-5,7-14,17-18H,3,6,15-16H2,1-2H3/b26-18-. The van der Waals surface area contributed by atoms with Crippen molar-refractivity contribution in [1.29, 1.82) is 0 Å². The fraction of sp³-hybridized carbons (Fsp3) is 0.214. The molecular weight excluding hydrogens is 476 g/mol. The molecule has 2 heterocycles. The van der Waals surface area contributed by atoms with Gasteiger partial charge < -0.3 is 18.9 Å². The van der Waals surface area contributed by atoms with Crippen LogP contribution in [0.15, 0.2) is 71.5 Å². The third-order valence-electron chi connectivity index (χ3n) is 5.58. The second-order valence-corrected chi connectivity index (χ2v) is 9.01. The van der Waals surface area contributed by atoms with Gasteiger partial charge in [0.2, 0.25) is 0 Å². The van der Waals surface area contributed by atoms with Crippen molar-refractivity contribution in [2.24, 2.45) is 0 Å². The molecule has 184 valence electrons. The summed E-state index contributed by atoms with van der Waals surface area (Å²) in [5.41, 5.74) is 2.43. The first-order valence-electron chi connectivity index (χ1n) is 11.7. The Morgan fingerprint density at radius 2 is 1.69 bits per heavy atom. The molecule has 0 radical (unpaired) electrons. The highest BCUT2D eigenvalue weighted by Crippen LogP contribution is 2.29. The van der Waals surface area contributed by atoms with Gasteiger partial charge in [-0.3, -0.25) is 4.79 Å². The number of aromatic nitrogens is 2. The Balaban J connectivity index is 1.27. The van der Waals surface area contributed by atoms with E-state index in [1.165, 1.54) is 11.3 Å². The van der Waals surface area contributed by atoms with Crippen LogP contribution in [0.2, 0.25) is 0 Å². The summed E-state index contributed by atoms with van der Waals surface area (Å²) in [6.07, 6.45) is 2.58. The van der Waals surface area contributed by atoms with Gasteiger partial charge in [0.15, 0.2) is 16.5 Å². The first-order valence-corrected chi connectivity index (χ1v) is 12.6. The smallest absolute Gasteiger partial charge is 0.274 e. The SMILES string of the molecule is CCOc1cc(/C=c2\sc3nc4ccccc4n3c2=O)ccc1OCCCOc1ccc(OC)cc1. The molecule has 0 saturated heterocycles. The van der Waals surface area contributed by atoms with E-state index in [0.717, 1.165) is 28.1 Å². The Labute approximate surface area is 212 Å². The normalized spacial score (nSPS) is 11.8. The van der Waals surface area contributed by atoms with Crippen LogP contribution in [-0.2, 0) is 0 Å². The van der Waals surface area contributed by atoms with Crippen molar-refractivity contribution >= 4 is 33.4 Å². The van der Waals surface area contributed by atoms with Crippen molar-refractivity contribution in [3.05, 3.63) is 87.2 Å². The van der Waals surface area contributed by atoms with Gasteiger partial charge in [-0.2, -0.15) is 0 Å². The van der Waals surface area contributed by atoms with E-state index in [2.05, 4.69) is 4.98 Å². The fourth-order valence-corrected chi connectivity index (χ4v) is 4.86. The Morgan fingerprint density at radius 3 is 2.50 bits per heavy atom. The third kappa shape index (κ3) is 4.99. The maximum absolute atomic E-state index is 13.1. The number of rotatable bonds is 10. The lowest BCUT2D eigenvalue weighted by molar-refractivity contribution is 0.236. The third-order valence-corrected chi connectivity index (χ3v) is 6.55.